The van der Waals surface area contributed by atoms with Gasteiger partial charge in [-0.2, -0.15) is 0 Å². The number of carboxylic acids is 1. The lowest BCUT2D eigenvalue weighted by Crippen LogP contribution is -2.57. The summed E-state index contributed by atoms with van der Waals surface area (Å²) in [5.74, 6) is -1.58. The summed E-state index contributed by atoms with van der Waals surface area (Å²) in [4.78, 5) is 22.4. The van der Waals surface area contributed by atoms with Gasteiger partial charge in [-0.25, -0.2) is 4.79 Å². The van der Waals surface area contributed by atoms with Gasteiger partial charge < -0.3 is 15.2 Å². The first kappa shape index (κ1) is 13.9. The maximum Gasteiger partial charge on any atom is 0.329 e. The van der Waals surface area contributed by atoms with E-state index in [1.807, 2.05) is 6.92 Å². The molecule has 0 unspecified atom stereocenters. The fraction of sp³-hybridized carbons (Fsp3) is 0.800. The number of aliphatic carboxylic acids is 1. The van der Waals surface area contributed by atoms with E-state index in [-0.39, 0.29) is 12.5 Å². The molecule has 5 heteroatoms. The number of ether oxygens (including phenoxy) is 1. The highest BCUT2D eigenvalue weighted by Crippen LogP contribution is 2.20. The van der Waals surface area contributed by atoms with Crippen molar-refractivity contribution in [1.82, 2.24) is 5.32 Å². The topological polar surface area (TPSA) is 75.6 Å². The number of methoxy groups -OCH3 is 1. The second-order valence-corrected chi connectivity index (χ2v) is 3.80. The first-order valence-corrected chi connectivity index (χ1v) is 4.91. The molecule has 0 spiro atoms. The molecule has 2 N–H and O–H groups in total. The summed E-state index contributed by atoms with van der Waals surface area (Å²) in [5.41, 5.74) is -1.23. The van der Waals surface area contributed by atoms with Gasteiger partial charge in [0.15, 0.2) is 0 Å². The Morgan fingerprint density at radius 3 is 2.40 bits per heavy atom. The number of carbonyl (C=O) groups excluding carboxylic acids is 1. The molecule has 0 rings (SSSR count). The highest BCUT2D eigenvalue weighted by atomic mass is 16.5. The van der Waals surface area contributed by atoms with E-state index in [9.17, 15) is 9.59 Å². The molecule has 5 nitrogen and oxygen atoms in total. The molecule has 0 aliphatic rings. The standard InChI is InChI=1S/C10H19NO4/c1-5-7(2)10(3,9(13)14)11-8(12)6-15-4/h7H,5-6H2,1-4H3,(H,11,12)(H,13,14)/t7-,10-/m0/s1. The van der Waals surface area contributed by atoms with Crippen LogP contribution in [0.15, 0.2) is 0 Å². The number of rotatable bonds is 6. The maximum absolute atomic E-state index is 11.3. The van der Waals surface area contributed by atoms with Gasteiger partial charge in [-0.05, 0) is 12.8 Å². The lowest BCUT2D eigenvalue weighted by molar-refractivity contribution is -0.150. The van der Waals surface area contributed by atoms with Gasteiger partial charge in [0, 0.05) is 7.11 Å². The SMILES string of the molecule is CC[C@H](C)[C@](C)(NC(=O)COC)C(=O)O. The van der Waals surface area contributed by atoms with Crippen molar-refractivity contribution < 1.29 is 19.4 Å². The van der Waals surface area contributed by atoms with Crippen molar-refractivity contribution in [2.75, 3.05) is 13.7 Å². The van der Waals surface area contributed by atoms with E-state index in [1.165, 1.54) is 14.0 Å². The lowest BCUT2D eigenvalue weighted by atomic mass is 9.85. The van der Waals surface area contributed by atoms with E-state index in [0.29, 0.717) is 6.42 Å². The summed E-state index contributed by atoms with van der Waals surface area (Å²) < 4.78 is 4.64. The summed E-state index contributed by atoms with van der Waals surface area (Å²) in [6.07, 6.45) is 0.677. The van der Waals surface area contributed by atoms with Gasteiger partial charge in [0.2, 0.25) is 5.91 Å². The third kappa shape index (κ3) is 3.51. The molecule has 0 aromatic heterocycles. The molecule has 0 saturated carbocycles. The Morgan fingerprint density at radius 1 is 1.53 bits per heavy atom. The van der Waals surface area contributed by atoms with E-state index in [0.717, 1.165) is 0 Å². The Hall–Kier alpha value is -1.10. The Labute approximate surface area is 89.8 Å². The molecule has 0 radical (unpaired) electrons. The Balaban J connectivity index is 4.66. The Bertz CT molecular complexity index is 242. The highest BCUT2D eigenvalue weighted by molar-refractivity contribution is 5.87. The molecule has 1 amide bonds. The minimum atomic E-state index is -1.23. The van der Waals surface area contributed by atoms with E-state index >= 15 is 0 Å². The maximum atomic E-state index is 11.3. The molecule has 88 valence electrons. The summed E-state index contributed by atoms with van der Waals surface area (Å²) in [6, 6.07) is 0. The van der Waals surface area contributed by atoms with Gasteiger partial charge >= 0.3 is 5.97 Å². The largest absolute Gasteiger partial charge is 0.480 e. The van der Waals surface area contributed by atoms with Crippen LogP contribution in [-0.2, 0) is 14.3 Å². The van der Waals surface area contributed by atoms with Crippen molar-refractivity contribution in [3.63, 3.8) is 0 Å². The summed E-state index contributed by atoms with van der Waals surface area (Å²) in [6.45, 7) is 5.06. The zero-order chi connectivity index (χ0) is 12.1. The minimum Gasteiger partial charge on any atom is -0.480 e. The van der Waals surface area contributed by atoms with Gasteiger partial charge in [-0.3, -0.25) is 4.79 Å². The molecule has 0 fully saturated rings. The quantitative estimate of drug-likeness (QED) is 0.684. The molecule has 0 saturated heterocycles. The van der Waals surface area contributed by atoms with E-state index < -0.39 is 17.4 Å². The van der Waals surface area contributed by atoms with Crippen LogP contribution in [0.3, 0.4) is 0 Å². The number of carboxylic acid groups (broad SMARTS) is 1. The number of nitrogens with one attached hydrogen (secondary N) is 1. The third-order valence-electron chi connectivity index (χ3n) is 2.72. The first-order valence-electron chi connectivity index (χ1n) is 4.91. The average Bonchev–Trinajstić information content (AvgIpc) is 2.16. The monoisotopic (exact) mass is 217 g/mol. The Kier molecular flexibility index (Phi) is 5.28. The van der Waals surface area contributed by atoms with Crippen LogP contribution < -0.4 is 5.32 Å². The van der Waals surface area contributed by atoms with Gasteiger partial charge in [-0.15, -0.1) is 0 Å². The Morgan fingerprint density at radius 2 is 2.07 bits per heavy atom. The molecular weight excluding hydrogens is 198 g/mol. The van der Waals surface area contributed by atoms with Gasteiger partial charge in [0.1, 0.15) is 12.1 Å². The number of hydrogen-bond acceptors (Lipinski definition) is 3. The van der Waals surface area contributed by atoms with E-state index in [2.05, 4.69) is 10.1 Å². The van der Waals surface area contributed by atoms with Gasteiger partial charge in [-0.1, -0.05) is 20.3 Å². The van der Waals surface area contributed by atoms with Gasteiger partial charge in [0.05, 0.1) is 0 Å². The summed E-state index contributed by atoms with van der Waals surface area (Å²) in [5, 5.41) is 11.6. The van der Waals surface area contributed by atoms with Crippen molar-refractivity contribution in [3.05, 3.63) is 0 Å². The first-order chi connectivity index (χ1) is 6.88. The van der Waals surface area contributed by atoms with Crippen LogP contribution in [0.2, 0.25) is 0 Å². The molecule has 0 aromatic carbocycles. The lowest BCUT2D eigenvalue weighted by Gasteiger charge is -2.31. The fourth-order valence-corrected chi connectivity index (χ4v) is 1.25. The van der Waals surface area contributed by atoms with Crippen LogP contribution in [0.4, 0.5) is 0 Å². The minimum absolute atomic E-state index is 0.126. The predicted molar refractivity (Wildman–Crippen MR) is 55.5 cm³/mol. The number of hydrogen-bond donors (Lipinski definition) is 2. The molecule has 2 atom stereocenters. The zero-order valence-corrected chi connectivity index (χ0v) is 9.66. The fourth-order valence-electron chi connectivity index (χ4n) is 1.25. The van der Waals surface area contributed by atoms with Crippen molar-refractivity contribution in [3.8, 4) is 0 Å². The van der Waals surface area contributed by atoms with Crippen LogP contribution in [0, 0.1) is 5.92 Å². The molecule has 0 aliphatic heterocycles. The number of carbonyl (C=O) groups is 2. The van der Waals surface area contributed by atoms with Gasteiger partial charge in [0.25, 0.3) is 0 Å². The van der Waals surface area contributed by atoms with Crippen LogP contribution in [0.1, 0.15) is 27.2 Å². The summed E-state index contributed by atoms with van der Waals surface area (Å²) in [7, 11) is 1.39. The van der Waals surface area contributed by atoms with Crippen LogP contribution in [-0.4, -0.2) is 36.2 Å². The second-order valence-electron chi connectivity index (χ2n) is 3.80. The van der Waals surface area contributed by atoms with Crippen LogP contribution >= 0.6 is 0 Å². The molecule has 0 aromatic rings. The molecule has 0 aliphatic carbocycles. The molecular formula is C10H19NO4. The third-order valence-corrected chi connectivity index (χ3v) is 2.72. The van der Waals surface area contributed by atoms with Crippen LogP contribution in [0.25, 0.3) is 0 Å². The van der Waals surface area contributed by atoms with E-state index in [4.69, 9.17) is 5.11 Å². The van der Waals surface area contributed by atoms with Crippen molar-refractivity contribution in [2.24, 2.45) is 5.92 Å². The summed E-state index contributed by atoms with van der Waals surface area (Å²) >= 11 is 0. The average molecular weight is 217 g/mol. The van der Waals surface area contributed by atoms with Crippen LogP contribution in [0.5, 0.6) is 0 Å². The van der Waals surface area contributed by atoms with Crippen molar-refractivity contribution >= 4 is 11.9 Å². The molecule has 0 bridgehead atoms. The predicted octanol–water partition coefficient (Wildman–Crippen LogP) is 0.638. The molecule has 15 heavy (non-hydrogen) atoms. The molecule has 0 heterocycles. The van der Waals surface area contributed by atoms with E-state index in [1.54, 1.807) is 6.92 Å². The highest BCUT2D eigenvalue weighted by Gasteiger charge is 2.39. The van der Waals surface area contributed by atoms with Crippen molar-refractivity contribution in [2.45, 2.75) is 32.7 Å². The smallest absolute Gasteiger partial charge is 0.329 e. The number of amides is 1. The normalized spacial score (nSPS) is 16.5. The zero-order valence-electron chi connectivity index (χ0n) is 9.66. The van der Waals surface area contributed by atoms with Crippen molar-refractivity contribution in [1.29, 1.82) is 0 Å². The second kappa shape index (κ2) is 5.70.